The molecule has 2 heterocycles. The first-order valence-corrected chi connectivity index (χ1v) is 11.5. The molecule has 35 heavy (non-hydrogen) atoms. The largest absolute Gasteiger partial charge is 0.494 e. The van der Waals surface area contributed by atoms with Gasteiger partial charge in [0, 0.05) is 44.0 Å². The molecule has 0 atom stereocenters. The van der Waals surface area contributed by atoms with Crippen LogP contribution in [-0.2, 0) is 15.1 Å². The lowest BCUT2D eigenvalue weighted by Gasteiger charge is -2.47. The SMILES string of the molecule is CCCCOc1ccc(C2(N3CCN(c4ccc([N+](=O)[O-])cc4)CC3)C(=O)NC(=O)NC2=O)cc1. The van der Waals surface area contributed by atoms with Crippen LogP contribution in [0.15, 0.2) is 48.5 Å². The van der Waals surface area contributed by atoms with Gasteiger partial charge in [0.2, 0.25) is 5.54 Å². The van der Waals surface area contributed by atoms with Crippen molar-refractivity contribution in [3.05, 3.63) is 64.2 Å². The number of urea groups is 1. The Morgan fingerprint density at radius 1 is 0.943 bits per heavy atom. The minimum absolute atomic E-state index is 0.00803. The summed E-state index contributed by atoms with van der Waals surface area (Å²) >= 11 is 0. The Morgan fingerprint density at radius 3 is 2.09 bits per heavy atom. The van der Waals surface area contributed by atoms with E-state index in [1.54, 1.807) is 41.3 Å². The topological polar surface area (TPSA) is 134 Å². The zero-order chi connectivity index (χ0) is 25.0. The fraction of sp³-hybridized carbons (Fsp3) is 0.375. The zero-order valence-corrected chi connectivity index (χ0v) is 19.4. The summed E-state index contributed by atoms with van der Waals surface area (Å²) in [6, 6.07) is 12.2. The van der Waals surface area contributed by atoms with Crippen molar-refractivity contribution in [2.75, 3.05) is 37.7 Å². The fourth-order valence-electron chi connectivity index (χ4n) is 4.47. The Bertz CT molecular complexity index is 1090. The lowest BCUT2D eigenvalue weighted by Crippen LogP contribution is -2.73. The number of hydrogen-bond donors (Lipinski definition) is 2. The molecule has 2 aromatic rings. The van der Waals surface area contributed by atoms with Crippen LogP contribution in [0.25, 0.3) is 0 Å². The number of nitro benzene ring substituents is 1. The van der Waals surface area contributed by atoms with Crippen molar-refractivity contribution in [1.82, 2.24) is 15.5 Å². The highest BCUT2D eigenvalue weighted by atomic mass is 16.6. The van der Waals surface area contributed by atoms with Crippen molar-refractivity contribution in [2.45, 2.75) is 25.3 Å². The van der Waals surface area contributed by atoms with Gasteiger partial charge in [0.15, 0.2) is 0 Å². The number of anilines is 1. The van der Waals surface area contributed by atoms with E-state index in [9.17, 15) is 24.5 Å². The summed E-state index contributed by atoms with van der Waals surface area (Å²) in [4.78, 5) is 52.6. The predicted octanol–water partition coefficient (Wildman–Crippen LogP) is 2.16. The van der Waals surface area contributed by atoms with Crippen molar-refractivity contribution >= 4 is 29.2 Å². The van der Waals surface area contributed by atoms with Crippen molar-refractivity contribution in [1.29, 1.82) is 0 Å². The van der Waals surface area contributed by atoms with E-state index >= 15 is 0 Å². The number of carbonyl (C=O) groups is 3. The summed E-state index contributed by atoms with van der Waals surface area (Å²) in [5.41, 5.74) is -0.455. The molecule has 4 amide bonds. The third-order valence-corrected chi connectivity index (χ3v) is 6.33. The zero-order valence-electron chi connectivity index (χ0n) is 19.4. The van der Waals surface area contributed by atoms with Gasteiger partial charge in [-0.05, 0) is 36.2 Å². The molecule has 11 nitrogen and oxygen atoms in total. The van der Waals surface area contributed by atoms with Crippen molar-refractivity contribution < 1.29 is 24.0 Å². The molecule has 2 aliphatic heterocycles. The van der Waals surface area contributed by atoms with Crippen molar-refractivity contribution in [3.63, 3.8) is 0 Å². The van der Waals surface area contributed by atoms with E-state index in [1.807, 2.05) is 4.90 Å². The molecular weight excluding hydrogens is 454 g/mol. The number of rotatable bonds is 8. The monoisotopic (exact) mass is 481 g/mol. The van der Waals surface area contributed by atoms with E-state index in [1.165, 1.54) is 12.1 Å². The Kier molecular flexibility index (Phi) is 6.97. The second-order valence-electron chi connectivity index (χ2n) is 8.42. The number of hydrogen-bond acceptors (Lipinski definition) is 8. The number of piperazine rings is 1. The van der Waals surface area contributed by atoms with Gasteiger partial charge in [-0.2, -0.15) is 0 Å². The summed E-state index contributed by atoms with van der Waals surface area (Å²) in [6.07, 6.45) is 1.92. The average Bonchev–Trinajstić information content (AvgIpc) is 2.85. The molecular formula is C24H27N5O6. The highest BCUT2D eigenvalue weighted by molar-refractivity contribution is 6.22. The van der Waals surface area contributed by atoms with Crippen LogP contribution in [0.5, 0.6) is 5.75 Å². The Labute approximate surface area is 202 Å². The van der Waals surface area contributed by atoms with Crippen LogP contribution < -0.4 is 20.3 Å². The summed E-state index contributed by atoms with van der Waals surface area (Å²) in [6.45, 7) is 4.29. The number of nitrogens with zero attached hydrogens (tertiary/aromatic N) is 3. The number of nitro groups is 1. The first kappa shape index (κ1) is 24.1. The van der Waals surface area contributed by atoms with Gasteiger partial charge in [0.25, 0.3) is 17.5 Å². The molecule has 0 saturated carbocycles. The lowest BCUT2D eigenvalue weighted by molar-refractivity contribution is -0.384. The summed E-state index contributed by atoms with van der Waals surface area (Å²) in [7, 11) is 0. The Morgan fingerprint density at radius 2 is 1.54 bits per heavy atom. The van der Waals surface area contributed by atoms with E-state index in [2.05, 4.69) is 17.6 Å². The van der Waals surface area contributed by atoms with Crippen LogP contribution >= 0.6 is 0 Å². The van der Waals surface area contributed by atoms with Gasteiger partial charge in [-0.1, -0.05) is 25.5 Å². The molecule has 2 N–H and O–H groups in total. The van der Waals surface area contributed by atoms with Gasteiger partial charge in [-0.3, -0.25) is 35.2 Å². The number of ether oxygens (including phenoxy) is 1. The number of carbonyl (C=O) groups excluding carboxylic acids is 3. The van der Waals surface area contributed by atoms with Crippen molar-refractivity contribution in [3.8, 4) is 5.75 Å². The number of benzene rings is 2. The van der Waals surface area contributed by atoms with E-state index in [4.69, 9.17) is 4.74 Å². The van der Waals surface area contributed by atoms with Gasteiger partial charge in [0.05, 0.1) is 11.5 Å². The number of imide groups is 2. The van der Waals surface area contributed by atoms with Gasteiger partial charge in [-0.15, -0.1) is 0 Å². The van der Waals surface area contributed by atoms with Gasteiger partial charge >= 0.3 is 6.03 Å². The molecule has 4 rings (SSSR count). The quantitative estimate of drug-likeness (QED) is 0.254. The molecule has 2 aliphatic rings. The smallest absolute Gasteiger partial charge is 0.328 e. The van der Waals surface area contributed by atoms with Crippen LogP contribution in [-0.4, -0.2) is 60.5 Å². The van der Waals surface area contributed by atoms with E-state index in [0.29, 0.717) is 44.1 Å². The van der Waals surface area contributed by atoms with Crippen LogP contribution in [0.4, 0.5) is 16.2 Å². The molecule has 0 unspecified atom stereocenters. The molecule has 2 saturated heterocycles. The van der Waals surface area contributed by atoms with E-state index < -0.39 is 28.3 Å². The highest BCUT2D eigenvalue weighted by Crippen LogP contribution is 2.34. The maximum atomic E-state index is 13.2. The minimum atomic E-state index is -1.71. The predicted molar refractivity (Wildman–Crippen MR) is 127 cm³/mol. The van der Waals surface area contributed by atoms with Gasteiger partial charge in [0.1, 0.15) is 5.75 Å². The number of unbranched alkanes of at least 4 members (excludes halogenated alkanes) is 1. The summed E-state index contributed by atoms with van der Waals surface area (Å²) < 4.78 is 5.71. The fourth-order valence-corrected chi connectivity index (χ4v) is 4.47. The van der Waals surface area contributed by atoms with Crippen LogP contribution in [0.2, 0.25) is 0 Å². The van der Waals surface area contributed by atoms with Gasteiger partial charge in [-0.25, -0.2) is 4.79 Å². The van der Waals surface area contributed by atoms with Gasteiger partial charge < -0.3 is 9.64 Å². The lowest BCUT2D eigenvalue weighted by atomic mass is 9.84. The summed E-state index contributed by atoms with van der Waals surface area (Å²) in [5, 5.41) is 15.4. The molecule has 0 bridgehead atoms. The number of barbiturate groups is 1. The van der Waals surface area contributed by atoms with E-state index in [0.717, 1.165) is 18.5 Å². The number of non-ortho nitro benzene ring substituents is 1. The molecule has 0 aliphatic carbocycles. The maximum absolute atomic E-state index is 13.2. The molecule has 11 heteroatoms. The average molecular weight is 482 g/mol. The molecule has 184 valence electrons. The Hall–Kier alpha value is -3.99. The highest BCUT2D eigenvalue weighted by Gasteiger charge is 2.56. The third kappa shape index (κ3) is 4.67. The van der Waals surface area contributed by atoms with Crippen molar-refractivity contribution in [2.24, 2.45) is 0 Å². The first-order valence-electron chi connectivity index (χ1n) is 11.5. The second kappa shape index (κ2) is 10.1. The standard InChI is InChI=1S/C24H27N5O6/c1-2-3-16-35-20-10-4-17(5-11-20)24(21(30)25-23(32)26-22(24)31)28-14-12-27(13-15-28)18-6-8-19(9-7-18)29(33)34/h4-11H,2-3,12-16H2,1H3,(H2,25,26,30,31,32). The summed E-state index contributed by atoms with van der Waals surface area (Å²) in [5.74, 6) is -0.766. The maximum Gasteiger partial charge on any atom is 0.328 e. The minimum Gasteiger partial charge on any atom is -0.494 e. The van der Waals surface area contributed by atoms with Crippen LogP contribution in [0.3, 0.4) is 0 Å². The van der Waals surface area contributed by atoms with Crippen LogP contribution in [0.1, 0.15) is 25.3 Å². The molecule has 0 aromatic heterocycles. The Balaban J connectivity index is 1.57. The molecule has 2 fully saturated rings. The molecule has 0 spiro atoms. The molecule has 2 aromatic carbocycles. The van der Waals surface area contributed by atoms with Crippen LogP contribution in [0, 0.1) is 10.1 Å². The third-order valence-electron chi connectivity index (χ3n) is 6.33. The first-order chi connectivity index (χ1) is 16.9. The molecule has 0 radical (unpaired) electrons. The number of amides is 4. The normalized spacial score (nSPS) is 18.1. The van der Waals surface area contributed by atoms with E-state index in [-0.39, 0.29) is 5.69 Å². The second-order valence-corrected chi connectivity index (χ2v) is 8.42. The number of nitrogens with one attached hydrogen (secondary N) is 2.